The van der Waals surface area contributed by atoms with E-state index in [1.165, 1.54) is 0 Å². The molecule has 4 unspecified atom stereocenters. The summed E-state index contributed by atoms with van der Waals surface area (Å²) in [5.41, 5.74) is 0. The lowest BCUT2D eigenvalue weighted by Crippen LogP contribution is -2.42. The van der Waals surface area contributed by atoms with Crippen molar-refractivity contribution in [3.63, 3.8) is 0 Å². The summed E-state index contributed by atoms with van der Waals surface area (Å²) in [4.78, 5) is 38.1. The molecule has 132 valence electrons. The van der Waals surface area contributed by atoms with E-state index in [4.69, 9.17) is 4.74 Å². The van der Waals surface area contributed by atoms with Gasteiger partial charge in [0.05, 0.1) is 11.8 Å². The summed E-state index contributed by atoms with van der Waals surface area (Å²) < 4.78 is 5.45. The van der Waals surface area contributed by atoms with Gasteiger partial charge < -0.3 is 10.1 Å². The molecule has 1 heterocycles. The molecule has 6 heteroatoms. The molecule has 0 aromatic rings. The van der Waals surface area contributed by atoms with Crippen molar-refractivity contribution in [2.75, 3.05) is 26.3 Å². The Bertz CT molecular complexity index is 527. The summed E-state index contributed by atoms with van der Waals surface area (Å²) >= 11 is 0. The van der Waals surface area contributed by atoms with Crippen LogP contribution in [-0.2, 0) is 19.1 Å². The number of ether oxygens (including phenoxy) is 1. The third kappa shape index (κ3) is 3.24. The van der Waals surface area contributed by atoms with E-state index < -0.39 is 0 Å². The van der Waals surface area contributed by atoms with E-state index in [1.54, 1.807) is 0 Å². The number of nitrogens with zero attached hydrogens (tertiary/aromatic N) is 1. The second-order valence-corrected chi connectivity index (χ2v) is 7.43. The zero-order chi connectivity index (χ0) is 17.3. The SMILES string of the molecule is CC(C)COCCCNC(=O)CN1C(=O)C2C3C=CC(C3)C2C1=O. The van der Waals surface area contributed by atoms with Crippen molar-refractivity contribution in [3.8, 4) is 0 Å². The van der Waals surface area contributed by atoms with E-state index in [9.17, 15) is 14.4 Å². The van der Waals surface area contributed by atoms with Gasteiger partial charge in [0, 0.05) is 19.8 Å². The normalized spacial score (nSPS) is 30.5. The first-order valence-corrected chi connectivity index (χ1v) is 8.87. The van der Waals surface area contributed by atoms with Crippen molar-refractivity contribution in [3.05, 3.63) is 12.2 Å². The van der Waals surface area contributed by atoms with Crippen LogP contribution in [0, 0.1) is 29.6 Å². The van der Waals surface area contributed by atoms with Gasteiger partial charge in [-0.1, -0.05) is 26.0 Å². The van der Waals surface area contributed by atoms with Crippen molar-refractivity contribution in [2.24, 2.45) is 29.6 Å². The number of allylic oxidation sites excluding steroid dienone is 2. The van der Waals surface area contributed by atoms with Crippen LogP contribution < -0.4 is 5.32 Å². The lowest BCUT2D eigenvalue weighted by molar-refractivity contribution is -0.144. The number of rotatable bonds is 8. The van der Waals surface area contributed by atoms with Crippen molar-refractivity contribution in [2.45, 2.75) is 26.7 Å². The van der Waals surface area contributed by atoms with Gasteiger partial charge in [0.2, 0.25) is 17.7 Å². The quantitative estimate of drug-likeness (QED) is 0.408. The third-order valence-electron chi connectivity index (χ3n) is 5.10. The number of imide groups is 1. The maximum atomic E-state index is 12.5. The van der Waals surface area contributed by atoms with Gasteiger partial charge in [0.25, 0.3) is 0 Å². The number of hydrogen-bond acceptors (Lipinski definition) is 4. The molecule has 1 saturated carbocycles. The Morgan fingerprint density at radius 1 is 1.25 bits per heavy atom. The predicted octanol–water partition coefficient (Wildman–Crippen LogP) is 0.972. The van der Waals surface area contributed by atoms with E-state index in [2.05, 4.69) is 31.3 Å². The van der Waals surface area contributed by atoms with Crippen LogP contribution in [0.1, 0.15) is 26.7 Å². The van der Waals surface area contributed by atoms with Crippen molar-refractivity contribution < 1.29 is 19.1 Å². The summed E-state index contributed by atoms with van der Waals surface area (Å²) in [6, 6.07) is 0. The van der Waals surface area contributed by atoms with Gasteiger partial charge in [0.15, 0.2) is 0 Å². The van der Waals surface area contributed by atoms with E-state index in [1.807, 2.05) is 0 Å². The Balaban J connectivity index is 1.41. The Kier molecular flexibility index (Phi) is 5.04. The molecular formula is C18H26N2O4. The number of carbonyl (C=O) groups is 3. The topological polar surface area (TPSA) is 75.7 Å². The molecule has 2 bridgehead atoms. The molecule has 3 rings (SSSR count). The summed E-state index contributed by atoms with van der Waals surface area (Å²) in [6.45, 7) is 5.82. The molecule has 2 aliphatic carbocycles. The fourth-order valence-corrected chi connectivity index (χ4v) is 4.04. The standard InChI is InChI=1S/C18H26N2O4/c1-11(2)10-24-7-3-6-19-14(21)9-20-17(22)15-12-4-5-13(8-12)16(15)18(20)23/h4-5,11-13,15-16H,3,6-10H2,1-2H3,(H,19,21). The summed E-state index contributed by atoms with van der Waals surface area (Å²) in [7, 11) is 0. The van der Waals surface area contributed by atoms with E-state index in [-0.39, 0.29) is 47.9 Å². The Hall–Kier alpha value is -1.69. The first-order valence-electron chi connectivity index (χ1n) is 8.87. The highest BCUT2D eigenvalue weighted by atomic mass is 16.5. The molecule has 1 saturated heterocycles. The first kappa shape index (κ1) is 17.1. The number of likely N-dealkylation sites (tertiary alicyclic amines) is 1. The average molecular weight is 334 g/mol. The zero-order valence-electron chi connectivity index (χ0n) is 14.4. The van der Waals surface area contributed by atoms with E-state index in [0.717, 1.165) is 17.7 Å². The summed E-state index contributed by atoms with van der Waals surface area (Å²) in [6.07, 6.45) is 5.73. The van der Waals surface area contributed by atoms with Crippen LogP contribution in [0.2, 0.25) is 0 Å². The molecule has 0 spiro atoms. The van der Waals surface area contributed by atoms with Gasteiger partial charge in [-0.2, -0.15) is 0 Å². The maximum Gasteiger partial charge on any atom is 0.240 e. The Labute approximate surface area is 142 Å². The van der Waals surface area contributed by atoms with Gasteiger partial charge in [-0.25, -0.2) is 0 Å². The molecule has 3 amide bonds. The minimum Gasteiger partial charge on any atom is -0.381 e. The van der Waals surface area contributed by atoms with Gasteiger partial charge in [-0.05, 0) is 30.6 Å². The highest BCUT2D eigenvalue weighted by Gasteiger charge is 2.59. The molecule has 0 aromatic carbocycles. The minimum atomic E-state index is -0.277. The monoisotopic (exact) mass is 334 g/mol. The molecule has 4 atom stereocenters. The largest absolute Gasteiger partial charge is 0.381 e. The predicted molar refractivity (Wildman–Crippen MR) is 87.7 cm³/mol. The molecular weight excluding hydrogens is 308 g/mol. The van der Waals surface area contributed by atoms with E-state index >= 15 is 0 Å². The lowest BCUT2D eigenvalue weighted by Gasteiger charge is -2.16. The fourth-order valence-electron chi connectivity index (χ4n) is 4.04. The lowest BCUT2D eigenvalue weighted by atomic mass is 9.85. The second kappa shape index (κ2) is 7.05. The van der Waals surface area contributed by atoms with Crippen molar-refractivity contribution in [1.29, 1.82) is 0 Å². The number of fused-ring (bicyclic) bond motifs is 5. The van der Waals surface area contributed by atoms with Gasteiger partial charge >= 0.3 is 0 Å². The molecule has 6 nitrogen and oxygen atoms in total. The summed E-state index contributed by atoms with van der Waals surface area (Å²) in [5.74, 6) is -0.217. The van der Waals surface area contributed by atoms with Gasteiger partial charge in [0.1, 0.15) is 6.54 Å². The van der Waals surface area contributed by atoms with Gasteiger partial charge in [-0.3, -0.25) is 19.3 Å². The number of carbonyl (C=O) groups excluding carboxylic acids is 3. The third-order valence-corrected chi connectivity index (χ3v) is 5.10. The van der Waals surface area contributed by atoms with Crippen molar-refractivity contribution in [1.82, 2.24) is 10.2 Å². The fraction of sp³-hybridized carbons (Fsp3) is 0.722. The maximum absolute atomic E-state index is 12.5. The molecule has 0 radical (unpaired) electrons. The molecule has 0 aromatic heterocycles. The average Bonchev–Trinajstić information content (AvgIpc) is 3.20. The molecule has 2 fully saturated rings. The molecule has 1 aliphatic heterocycles. The van der Waals surface area contributed by atoms with Crippen molar-refractivity contribution >= 4 is 17.7 Å². The first-order chi connectivity index (χ1) is 11.5. The molecule has 24 heavy (non-hydrogen) atoms. The Morgan fingerprint density at radius 2 is 1.88 bits per heavy atom. The highest BCUT2D eigenvalue weighted by Crippen LogP contribution is 2.52. The highest BCUT2D eigenvalue weighted by molar-refractivity contribution is 6.08. The minimum absolute atomic E-state index is 0.156. The zero-order valence-corrected chi connectivity index (χ0v) is 14.4. The van der Waals surface area contributed by atoms with Crippen LogP contribution in [0.4, 0.5) is 0 Å². The van der Waals surface area contributed by atoms with Crippen LogP contribution in [0.15, 0.2) is 12.2 Å². The van der Waals surface area contributed by atoms with Gasteiger partial charge in [-0.15, -0.1) is 0 Å². The summed E-state index contributed by atoms with van der Waals surface area (Å²) in [5, 5.41) is 2.76. The van der Waals surface area contributed by atoms with E-state index in [0.29, 0.717) is 25.7 Å². The van der Waals surface area contributed by atoms with Crippen LogP contribution in [0.3, 0.4) is 0 Å². The number of hydrogen-bond donors (Lipinski definition) is 1. The van der Waals surface area contributed by atoms with Crippen LogP contribution in [-0.4, -0.2) is 48.9 Å². The Morgan fingerprint density at radius 3 is 2.46 bits per heavy atom. The number of nitrogens with one attached hydrogen (secondary N) is 1. The smallest absolute Gasteiger partial charge is 0.240 e. The second-order valence-electron chi connectivity index (χ2n) is 7.43. The molecule has 3 aliphatic rings. The van der Waals surface area contributed by atoms with Crippen LogP contribution >= 0.6 is 0 Å². The van der Waals surface area contributed by atoms with Crippen LogP contribution in [0.25, 0.3) is 0 Å². The molecule has 1 N–H and O–H groups in total. The number of amides is 3. The van der Waals surface area contributed by atoms with Crippen LogP contribution in [0.5, 0.6) is 0 Å².